The van der Waals surface area contributed by atoms with Crippen LogP contribution in [0, 0.1) is 0 Å². The second-order valence-corrected chi connectivity index (χ2v) is 9.57. The predicted molar refractivity (Wildman–Crippen MR) is 119 cm³/mol. The molecule has 0 radical (unpaired) electrons. The maximum absolute atomic E-state index is 12.7. The van der Waals surface area contributed by atoms with Crippen molar-refractivity contribution in [1.29, 1.82) is 0 Å². The smallest absolute Gasteiger partial charge is 0.408 e. The highest BCUT2D eigenvalue weighted by Crippen LogP contribution is 2.32. The van der Waals surface area contributed by atoms with E-state index in [1.807, 2.05) is 58.0 Å². The zero-order chi connectivity index (χ0) is 23.3. The number of aliphatic hydroxyl groups is 1. The third kappa shape index (κ3) is 7.45. The van der Waals surface area contributed by atoms with Crippen molar-refractivity contribution < 1.29 is 28.8 Å². The first-order valence-corrected chi connectivity index (χ1v) is 11.1. The topological polar surface area (TPSA) is 86.3 Å². The molecule has 1 aliphatic heterocycles. The van der Waals surface area contributed by atoms with Crippen LogP contribution in [0.15, 0.2) is 30.3 Å². The van der Waals surface area contributed by atoms with Gasteiger partial charge in [-0.25, -0.2) is 4.79 Å². The van der Waals surface area contributed by atoms with Crippen LogP contribution in [-0.4, -0.2) is 53.0 Å². The van der Waals surface area contributed by atoms with Crippen molar-refractivity contribution in [2.24, 2.45) is 0 Å². The molecule has 3 atom stereocenters. The van der Waals surface area contributed by atoms with Gasteiger partial charge in [-0.1, -0.05) is 44.2 Å². The Morgan fingerprint density at radius 2 is 1.84 bits per heavy atom. The van der Waals surface area contributed by atoms with Crippen LogP contribution in [0.3, 0.4) is 0 Å². The van der Waals surface area contributed by atoms with E-state index in [2.05, 4.69) is 5.32 Å². The summed E-state index contributed by atoms with van der Waals surface area (Å²) in [5.74, 6) is -0.793. The minimum absolute atomic E-state index is 0.266. The van der Waals surface area contributed by atoms with Gasteiger partial charge in [0.2, 0.25) is 0 Å². The molecular formula is C24H39NO6. The monoisotopic (exact) mass is 437 g/mol. The molecule has 7 heteroatoms. The Hall–Kier alpha value is -1.67. The molecule has 31 heavy (non-hydrogen) atoms. The molecular weight excluding hydrogens is 398 g/mol. The Labute approximate surface area is 186 Å². The third-order valence-electron chi connectivity index (χ3n) is 5.47. The van der Waals surface area contributed by atoms with Gasteiger partial charge in [0.25, 0.3) is 0 Å². The number of amides is 1. The SMILES string of the molecule is CCC(O)(CC)[C@H](OCc1ccccc1)[C@@H](NC(=O)OC(C)(C)C)[C@H]1COC(C)(C)O1. The summed E-state index contributed by atoms with van der Waals surface area (Å²) in [5, 5.41) is 14.4. The lowest BCUT2D eigenvalue weighted by Crippen LogP contribution is -2.61. The van der Waals surface area contributed by atoms with Crippen LogP contribution >= 0.6 is 0 Å². The van der Waals surface area contributed by atoms with E-state index in [-0.39, 0.29) is 13.2 Å². The first kappa shape index (κ1) is 25.6. The zero-order valence-electron chi connectivity index (χ0n) is 19.9. The van der Waals surface area contributed by atoms with Gasteiger partial charge in [0.15, 0.2) is 5.79 Å². The summed E-state index contributed by atoms with van der Waals surface area (Å²) >= 11 is 0. The first-order valence-electron chi connectivity index (χ1n) is 11.1. The lowest BCUT2D eigenvalue weighted by Gasteiger charge is -2.41. The molecule has 1 fully saturated rings. The molecule has 1 aromatic rings. The Bertz CT molecular complexity index is 696. The molecule has 0 spiro atoms. The van der Waals surface area contributed by atoms with Crippen molar-refractivity contribution in [2.45, 2.75) is 103 Å². The highest BCUT2D eigenvalue weighted by Gasteiger charge is 2.48. The Kier molecular flexibility index (Phi) is 8.50. The van der Waals surface area contributed by atoms with E-state index in [0.29, 0.717) is 12.8 Å². The number of nitrogens with one attached hydrogen (secondary N) is 1. The standard InChI is InChI=1S/C24H39NO6/c1-8-24(27,9-2)20(28-15-17-13-11-10-12-14-17)19(18-16-29-23(6,7)30-18)25-21(26)31-22(3,4)5/h10-14,18-20,27H,8-9,15-16H2,1-7H3,(H,25,26)/t18-,19+,20-/m1/s1. The molecule has 0 aromatic heterocycles. The predicted octanol–water partition coefficient (Wildman–Crippen LogP) is 4.17. The van der Waals surface area contributed by atoms with Crippen molar-refractivity contribution in [3.63, 3.8) is 0 Å². The van der Waals surface area contributed by atoms with Crippen molar-refractivity contribution >= 4 is 6.09 Å². The maximum Gasteiger partial charge on any atom is 0.408 e. The molecule has 1 aliphatic rings. The van der Waals surface area contributed by atoms with Crippen molar-refractivity contribution in [3.8, 4) is 0 Å². The molecule has 0 bridgehead atoms. The van der Waals surface area contributed by atoms with Crippen molar-refractivity contribution in [1.82, 2.24) is 5.32 Å². The van der Waals surface area contributed by atoms with Gasteiger partial charge in [-0.15, -0.1) is 0 Å². The fourth-order valence-electron chi connectivity index (χ4n) is 3.71. The van der Waals surface area contributed by atoms with E-state index in [1.54, 1.807) is 20.8 Å². The molecule has 0 aliphatic carbocycles. The number of carbonyl (C=O) groups is 1. The average Bonchev–Trinajstić information content (AvgIpc) is 3.05. The molecule has 176 valence electrons. The van der Waals surface area contributed by atoms with Gasteiger partial charge in [0.1, 0.15) is 17.8 Å². The first-order chi connectivity index (χ1) is 14.4. The maximum atomic E-state index is 12.7. The minimum Gasteiger partial charge on any atom is -0.444 e. The van der Waals surface area contributed by atoms with Gasteiger partial charge in [0, 0.05) is 0 Å². The van der Waals surface area contributed by atoms with E-state index < -0.39 is 41.3 Å². The molecule has 2 N–H and O–H groups in total. The molecule has 0 unspecified atom stereocenters. The molecule has 1 heterocycles. The average molecular weight is 438 g/mol. The van der Waals surface area contributed by atoms with Crippen LogP contribution in [0.5, 0.6) is 0 Å². The molecule has 1 aromatic carbocycles. The lowest BCUT2D eigenvalue weighted by molar-refractivity contribution is -0.171. The van der Waals surface area contributed by atoms with Crippen molar-refractivity contribution in [2.75, 3.05) is 6.61 Å². The van der Waals surface area contributed by atoms with Gasteiger partial charge in [0.05, 0.1) is 24.9 Å². The summed E-state index contributed by atoms with van der Waals surface area (Å²) in [6.07, 6.45) is -0.932. The Balaban J connectivity index is 2.34. The highest BCUT2D eigenvalue weighted by molar-refractivity contribution is 5.68. The van der Waals surface area contributed by atoms with E-state index in [9.17, 15) is 9.90 Å². The van der Waals surface area contributed by atoms with Crippen molar-refractivity contribution in [3.05, 3.63) is 35.9 Å². The highest BCUT2D eigenvalue weighted by atomic mass is 16.7. The molecule has 1 amide bonds. The normalized spacial score (nSPS) is 20.8. The second-order valence-electron chi connectivity index (χ2n) is 9.57. The molecule has 0 saturated carbocycles. The Morgan fingerprint density at radius 1 is 1.23 bits per heavy atom. The fraction of sp³-hybridized carbons (Fsp3) is 0.708. The lowest BCUT2D eigenvalue weighted by atomic mass is 9.84. The van der Waals surface area contributed by atoms with Gasteiger partial charge < -0.3 is 29.4 Å². The van der Waals surface area contributed by atoms with Crippen LogP contribution in [-0.2, 0) is 25.6 Å². The van der Waals surface area contributed by atoms with Crippen LogP contribution < -0.4 is 5.32 Å². The van der Waals surface area contributed by atoms with Crippen LogP contribution in [0.1, 0.15) is 66.9 Å². The summed E-state index contributed by atoms with van der Waals surface area (Å²) in [6.45, 7) is 13.4. The second kappa shape index (κ2) is 10.3. The summed E-state index contributed by atoms with van der Waals surface area (Å²) < 4.78 is 23.6. The largest absolute Gasteiger partial charge is 0.444 e. The summed E-state index contributed by atoms with van der Waals surface area (Å²) in [6, 6.07) is 9.06. The summed E-state index contributed by atoms with van der Waals surface area (Å²) in [4.78, 5) is 12.7. The van der Waals surface area contributed by atoms with E-state index in [4.69, 9.17) is 18.9 Å². The van der Waals surface area contributed by atoms with Crippen LogP contribution in [0.2, 0.25) is 0 Å². The molecule has 2 rings (SSSR count). The van der Waals surface area contributed by atoms with Crippen LogP contribution in [0.4, 0.5) is 4.79 Å². The van der Waals surface area contributed by atoms with Gasteiger partial charge in [-0.2, -0.15) is 0 Å². The third-order valence-corrected chi connectivity index (χ3v) is 5.47. The number of benzene rings is 1. The summed E-state index contributed by atoms with van der Waals surface area (Å²) in [7, 11) is 0. The van der Waals surface area contributed by atoms with Crippen LogP contribution in [0.25, 0.3) is 0 Å². The van der Waals surface area contributed by atoms with E-state index >= 15 is 0 Å². The zero-order valence-corrected chi connectivity index (χ0v) is 19.9. The number of hydrogen-bond acceptors (Lipinski definition) is 6. The number of rotatable bonds is 9. The van der Waals surface area contributed by atoms with E-state index in [1.165, 1.54) is 0 Å². The van der Waals surface area contributed by atoms with Gasteiger partial charge in [-0.3, -0.25) is 0 Å². The number of carbonyl (C=O) groups excluding carboxylic acids is 1. The number of alkyl carbamates (subject to hydrolysis) is 1. The van der Waals surface area contributed by atoms with Gasteiger partial charge >= 0.3 is 6.09 Å². The quantitative estimate of drug-likeness (QED) is 0.603. The Morgan fingerprint density at radius 3 is 2.32 bits per heavy atom. The fourth-order valence-corrected chi connectivity index (χ4v) is 3.71. The number of hydrogen-bond donors (Lipinski definition) is 2. The molecule has 1 saturated heterocycles. The van der Waals surface area contributed by atoms with E-state index in [0.717, 1.165) is 5.56 Å². The number of ether oxygens (including phenoxy) is 4. The molecule has 7 nitrogen and oxygen atoms in total. The summed E-state index contributed by atoms with van der Waals surface area (Å²) in [5.41, 5.74) is -0.862. The minimum atomic E-state index is -1.18. The van der Waals surface area contributed by atoms with Gasteiger partial charge in [-0.05, 0) is 53.0 Å².